The molecule has 1 unspecified atom stereocenters. The van der Waals surface area contributed by atoms with Crippen molar-refractivity contribution in [2.24, 2.45) is 0 Å². The molecule has 2 aliphatic rings. The molecule has 3 rings (SSSR count). The number of hydrogen-bond donors (Lipinski definition) is 1. The van der Waals surface area contributed by atoms with Crippen LogP contribution in [0.5, 0.6) is 0 Å². The van der Waals surface area contributed by atoms with Crippen LogP contribution in [0.15, 0.2) is 18.3 Å². The van der Waals surface area contributed by atoms with E-state index in [1.54, 1.807) is 0 Å². The van der Waals surface area contributed by atoms with Crippen LogP contribution in [-0.2, 0) is 17.7 Å². The summed E-state index contributed by atoms with van der Waals surface area (Å²) in [5.41, 5.74) is 2.52. The number of hydrogen-bond acceptors (Lipinski definition) is 5. The van der Waals surface area contributed by atoms with Crippen molar-refractivity contribution in [3.05, 3.63) is 29.6 Å². The summed E-state index contributed by atoms with van der Waals surface area (Å²) in [7, 11) is 0. The van der Waals surface area contributed by atoms with Crippen molar-refractivity contribution in [2.45, 2.75) is 19.1 Å². The van der Waals surface area contributed by atoms with Gasteiger partial charge in [0.25, 0.3) is 0 Å². The summed E-state index contributed by atoms with van der Waals surface area (Å²) in [4.78, 5) is 9.03. The van der Waals surface area contributed by atoms with Gasteiger partial charge in [-0.15, -0.1) is 0 Å². The molecule has 1 aromatic rings. The van der Waals surface area contributed by atoms with Gasteiger partial charge in [0.05, 0.1) is 19.3 Å². The molecular weight excluding hydrogens is 254 g/mol. The van der Waals surface area contributed by atoms with E-state index in [0.29, 0.717) is 0 Å². The number of β-amino-alcohol motifs (C(OH)–C–C–N with tert-alkyl or cyclic N) is 1. The summed E-state index contributed by atoms with van der Waals surface area (Å²) in [6.07, 6.45) is 2.56. The smallest absolute Gasteiger partial charge is 0.0793 e. The quantitative estimate of drug-likeness (QED) is 0.848. The number of nitrogens with zero attached hydrogens (tertiary/aromatic N) is 3. The zero-order chi connectivity index (χ0) is 13.8. The highest BCUT2D eigenvalue weighted by atomic mass is 16.5. The minimum Gasteiger partial charge on any atom is -0.390 e. The molecule has 1 saturated heterocycles. The molecule has 1 aromatic heterocycles. The summed E-state index contributed by atoms with van der Waals surface area (Å²) in [6, 6.07) is 4.13. The van der Waals surface area contributed by atoms with Crippen LogP contribution >= 0.6 is 0 Å². The van der Waals surface area contributed by atoms with Crippen LogP contribution in [0.4, 0.5) is 0 Å². The molecular formula is C15H23N3O2. The Kier molecular flexibility index (Phi) is 4.62. The van der Waals surface area contributed by atoms with E-state index < -0.39 is 0 Å². The second-order valence-corrected chi connectivity index (χ2v) is 5.66. The monoisotopic (exact) mass is 277 g/mol. The van der Waals surface area contributed by atoms with Crippen molar-refractivity contribution >= 4 is 0 Å². The highest BCUT2D eigenvalue weighted by Crippen LogP contribution is 2.16. The van der Waals surface area contributed by atoms with Gasteiger partial charge < -0.3 is 9.84 Å². The van der Waals surface area contributed by atoms with Crippen LogP contribution in [-0.4, -0.2) is 71.9 Å². The lowest BCUT2D eigenvalue weighted by atomic mass is 10.1. The molecule has 1 N–H and O–H groups in total. The lowest BCUT2D eigenvalue weighted by molar-refractivity contribution is 0.00582. The fraction of sp³-hybridized carbons (Fsp3) is 0.667. The number of aliphatic hydroxyl groups excluding tert-OH is 1. The Bertz CT molecular complexity index is 435. The van der Waals surface area contributed by atoms with Crippen LogP contribution in [0.2, 0.25) is 0 Å². The van der Waals surface area contributed by atoms with Crippen LogP contribution < -0.4 is 0 Å². The van der Waals surface area contributed by atoms with Gasteiger partial charge in [0.1, 0.15) is 0 Å². The lowest BCUT2D eigenvalue weighted by Gasteiger charge is -2.33. The lowest BCUT2D eigenvalue weighted by Crippen LogP contribution is -2.45. The Hall–Kier alpha value is -1.01. The molecule has 0 aliphatic carbocycles. The summed E-state index contributed by atoms with van der Waals surface area (Å²) in [6.45, 7) is 6.83. The summed E-state index contributed by atoms with van der Waals surface area (Å²) < 4.78 is 5.33. The Morgan fingerprint density at radius 2 is 2.00 bits per heavy atom. The topological polar surface area (TPSA) is 48.8 Å². The van der Waals surface area contributed by atoms with Crippen molar-refractivity contribution in [3.63, 3.8) is 0 Å². The Morgan fingerprint density at radius 1 is 1.20 bits per heavy atom. The number of rotatable bonds is 4. The molecule has 0 aromatic carbocycles. The molecule has 2 aliphatic heterocycles. The first kappa shape index (κ1) is 13.9. The largest absolute Gasteiger partial charge is 0.390 e. The first-order chi connectivity index (χ1) is 9.81. The van der Waals surface area contributed by atoms with Crippen molar-refractivity contribution in [2.75, 3.05) is 45.9 Å². The van der Waals surface area contributed by atoms with Gasteiger partial charge in [-0.05, 0) is 11.6 Å². The van der Waals surface area contributed by atoms with Gasteiger partial charge in [0, 0.05) is 57.6 Å². The predicted octanol–water partition coefficient (Wildman–Crippen LogP) is 0.133. The number of pyridine rings is 1. The van der Waals surface area contributed by atoms with Gasteiger partial charge >= 0.3 is 0 Å². The second-order valence-electron chi connectivity index (χ2n) is 5.66. The number of aromatic nitrogens is 1. The van der Waals surface area contributed by atoms with Crippen molar-refractivity contribution < 1.29 is 9.84 Å². The average molecular weight is 277 g/mol. The number of aliphatic hydroxyl groups is 1. The fourth-order valence-corrected chi connectivity index (χ4v) is 3.02. The Morgan fingerprint density at radius 3 is 2.85 bits per heavy atom. The fourth-order valence-electron chi connectivity index (χ4n) is 3.02. The maximum absolute atomic E-state index is 10.3. The normalized spacial score (nSPS) is 22.4. The highest BCUT2D eigenvalue weighted by Gasteiger charge is 2.21. The zero-order valence-corrected chi connectivity index (χ0v) is 11.9. The second kappa shape index (κ2) is 6.63. The number of ether oxygens (including phenoxy) is 1. The van der Waals surface area contributed by atoms with Gasteiger partial charge in [-0.2, -0.15) is 0 Å². The van der Waals surface area contributed by atoms with Crippen molar-refractivity contribution in [1.82, 2.24) is 14.8 Å². The molecule has 5 nitrogen and oxygen atoms in total. The molecule has 3 heterocycles. The first-order valence-electron chi connectivity index (χ1n) is 7.44. The van der Waals surface area contributed by atoms with Crippen LogP contribution in [0.1, 0.15) is 11.3 Å². The summed E-state index contributed by atoms with van der Waals surface area (Å²) >= 11 is 0. The molecule has 1 atom stereocenters. The Labute approximate surface area is 120 Å². The van der Waals surface area contributed by atoms with E-state index in [-0.39, 0.29) is 6.10 Å². The molecule has 1 fully saturated rings. The van der Waals surface area contributed by atoms with Crippen LogP contribution in [0, 0.1) is 0 Å². The van der Waals surface area contributed by atoms with E-state index >= 15 is 0 Å². The highest BCUT2D eigenvalue weighted by molar-refractivity contribution is 5.22. The van der Waals surface area contributed by atoms with Crippen LogP contribution in [0.3, 0.4) is 0 Å². The number of morpholine rings is 1. The van der Waals surface area contributed by atoms with Gasteiger partial charge in [-0.3, -0.25) is 14.8 Å². The van der Waals surface area contributed by atoms with E-state index in [1.807, 2.05) is 12.3 Å². The molecule has 0 spiro atoms. The molecule has 0 bridgehead atoms. The SMILES string of the molecule is OC(CN1CCOCC1)CN1CCc2ncccc2C1. The maximum atomic E-state index is 10.3. The molecule has 5 heteroatoms. The molecule has 0 amide bonds. The van der Waals surface area contributed by atoms with E-state index in [0.717, 1.165) is 58.9 Å². The standard InChI is InChI=1S/C15H23N3O2/c19-14(11-17-6-8-20-9-7-17)12-18-5-3-15-13(10-18)2-1-4-16-15/h1-2,4,14,19H,3,5-12H2. The van der Waals surface area contributed by atoms with E-state index in [1.165, 1.54) is 11.3 Å². The average Bonchev–Trinajstić information content (AvgIpc) is 2.48. The van der Waals surface area contributed by atoms with E-state index in [2.05, 4.69) is 20.9 Å². The molecule has 110 valence electrons. The third-order valence-electron chi connectivity index (χ3n) is 4.08. The van der Waals surface area contributed by atoms with Gasteiger partial charge in [-0.25, -0.2) is 0 Å². The summed E-state index contributed by atoms with van der Waals surface area (Å²) in [5.74, 6) is 0. The van der Waals surface area contributed by atoms with Crippen molar-refractivity contribution in [1.29, 1.82) is 0 Å². The van der Waals surface area contributed by atoms with Gasteiger partial charge in [0.2, 0.25) is 0 Å². The summed E-state index contributed by atoms with van der Waals surface area (Å²) in [5, 5.41) is 10.3. The van der Waals surface area contributed by atoms with E-state index in [9.17, 15) is 5.11 Å². The van der Waals surface area contributed by atoms with E-state index in [4.69, 9.17) is 4.74 Å². The Balaban J connectivity index is 1.48. The zero-order valence-electron chi connectivity index (χ0n) is 11.9. The maximum Gasteiger partial charge on any atom is 0.0793 e. The minimum absolute atomic E-state index is 0.286. The third-order valence-corrected chi connectivity index (χ3v) is 4.08. The van der Waals surface area contributed by atoms with Crippen molar-refractivity contribution in [3.8, 4) is 0 Å². The number of fused-ring (bicyclic) bond motifs is 1. The third kappa shape index (κ3) is 3.55. The predicted molar refractivity (Wildman–Crippen MR) is 76.5 cm³/mol. The van der Waals surface area contributed by atoms with Gasteiger partial charge in [-0.1, -0.05) is 6.07 Å². The van der Waals surface area contributed by atoms with Crippen LogP contribution in [0.25, 0.3) is 0 Å². The minimum atomic E-state index is -0.286. The van der Waals surface area contributed by atoms with Gasteiger partial charge in [0.15, 0.2) is 0 Å². The molecule has 0 radical (unpaired) electrons. The first-order valence-corrected chi connectivity index (χ1v) is 7.44. The molecule has 0 saturated carbocycles. The molecule has 20 heavy (non-hydrogen) atoms.